The van der Waals surface area contributed by atoms with Crippen LogP contribution in [0.5, 0.6) is 0 Å². The van der Waals surface area contributed by atoms with Crippen molar-refractivity contribution < 1.29 is 0 Å². The number of nitrogens with zero attached hydrogens (tertiary/aromatic N) is 1. The summed E-state index contributed by atoms with van der Waals surface area (Å²) in [5.41, 5.74) is 10.1. The number of pyridine rings is 1. The summed E-state index contributed by atoms with van der Waals surface area (Å²) in [5, 5.41) is 0. The zero-order valence-corrected chi connectivity index (χ0v) is 8.77. The first-order valence-corrected chi connectivity index (χ1v) is 5.00. The quantitative estimate of drug-likeness (QED) is 0.753. The predicted molar refractivity (Wildman–Crippen MR) is 62.6 cm³/mol. The second kappa shape index (κ2) is 4.13. The fourth-order valence-corrected chi connectivity index (χ4v) is 1.51. The molecule has 76 valence electrons. The van der Waals surface area contributed by atoms with Crippen molar-refractivity contribution in [3.63, 3.8) is 0 Å². The van der Waals surface area contributed by atoms with E-state index >= 15 is 0 Å². The largest absolute Gasteiger partial charge is 0.399 e. The Kier molecular flexibility index (Phi) is 2.68. The average molecular weight is 198 g/mol. The van der Waals surface area contributed by atoms with Crippen molar-refractivity contribution in [2.45, 2.75) is 13.3 Å². The lowest BCUT2D eigenvalue weighted by atomic mass is 10.1. The molecule has 0 bridgehead atoms. The maximum atomic E-state index is 5.85. The Morgan fingerprint density at radius 3 is 2.73 bits per heavy atom. The topological polar surface area (TPSA) is 38.9 Å². The molecule has 0 saturated carbocycles. The predicted octanol–water partition coefficient (Wildman–Crippen LogP) is 2.56. The van der Waals surface area contributed by atoms with Crippen LogP contribution in [0.15, 0.2) is 42.6 Å². The summed E-state index contributed by atoms with van der Waals surface area (Å²) in [6, 6.07) is 12.1. The molecule has 2 heteroatoms. The van der Waals surface area contributed by atoms with Gasteiger partial charge < -0.3 is 5.73 Å². The monoisotopic (exact) mass is 198 g/mol. The molecule has 2 aromatic rings. The molecule has 0 spiro atoms. The number of aromatic nitrogens is 1. The van der Waals surface area contributed by atoms with E-state index in [1.807, 2.05) is 43.5 Å². The van der Waals surface area contributed by atoms with Gasteiger partial charge >= 0.3 is 0 Å². The van der Waals surface area contributed by atoms with Crippen molar-refractivity contribution >= 4 is 5.69 Å². The van der Waals surface area contributed by atoms with Gasteiger partial charge in [-0.15, -0.1) is 0 Å². The highest BCUT2D eigenvalue weighted by molar-refractivity contribution is 5.48. The Morgan fingerprint density at radius 1 is 1.20 bits per heavy atom. The van der Waals surface area contributed by atoms with E-state index in [2.05, 4.69) is 11.1 Å². The number of hydrogen-bond acceptors (Lipinski definition) is 2. The van der Waals surface area contributed by atoms with Crippen molar-refractivity contribution in [2.24, 2.45) is 0 Å². The third-order valence-electron chi connectivity index (χ3n) is 2.46. The Bertz CT molecular complexity index is 449. The van der Waals surface area contributed by atoms with Gasteiger partial charge in [0, 0.05) is 24.0 Å². The fraction of sp³-hybridized carbons (Fsp3) is 0.154. The summed E-state index contributed by atoms with van der Waals surface area (Å²) in [6.45, 7) is 2.01. The highest BCUT2D eigenvalue weighted by Gasteiger charge is 1.99. The van der Waals surface area contributed by atoms with Gasteiger partial charge in [0.15, 0.2) is 0 Å². The first-order valence-electron chi connectivity index (χ1n) is 5.00. The van der Waals surface area contributed by atoms with E-state index in [1.54, 1.807) is 0 Å². The van der Waals surface area contributed by atoms with Gasteiger partial charge in [0.25, 0.3) is 0 Å². The summed E-state index contributed by atoms with van der Waals surface area (Å²) in [7, 11) is 0. The number of nitrogens with two attached hydrogens (primary N) is 1. The highest BCUT2D eigenvalue weighted by atomic mass is 14.7. The number of benzene rings is 1. The molecule has 0 amide bonds. The molecule has 0 atom stereocenters. The second-order valence-electron chi connectivity index (χ2n) is 3.69. The number of hydrogen-bond donors (Lipinski definition) is 1. The molecule has 1 heterocycles. The molecule has 0 aliphatic carbocycles. The van der Waals surface area contributed by atoms with Gasteiger partial charge in [0.2, 0.25) is 0 Å². The Balaban J connectivity index is 2.22. The van der Waals surface area contributed by atoms with Crippen molar-refractivity contribution in [1.82, 2.24) is 4.98 Å². The molecule has 0 fully saturated rings. The summed E-state index contributed by atoms with van der Waals surface area (Å²) in [5.74, 6) is 0. The molecule has 0 saturated heterocycles. The molecule has 0 radical (unpaired) electrons. The van der Waals surface area contributed by atoms with Gasteiger partial charge in [0.05, 0.1) is 0 Å². The average Bonchev–Trinajstić information content (AvgIpc) is 2.25. The normalized spacial score (nSPS) is 10.2. The molecular formula is C13H14N2. The molecular weight excluding hydrogens is 184 g/mol. The second-order valence-corrected chi connectivity index (χ2v) is 3.69. The molecule has 1 aromatic heterocycles. The van der Waals surface area contributed by atoms with Crippen LogP contribution in [-0.4, -0.2) is 4.98 Å². The summed E-state index contributed by atoms with van der Waals surface area (Å²) in [4.78, 5) is 4.29. The molecule has 2 N–H and O–H groups in total. The lowest BCUT2D eigenvalue weighted by Crippen LogP contribution is -1.95. The number of anilines is 1. The van der Waals surface area contributed by atoms with Crippen molar-refractivity contribution in [2.75, 3.05) is 5.73 Å². The van der Waals surface area contributed by atoms with Gasteiger partial charge in [-0.05, 0) is 36.2 Å². The maximum absolute atomic E-state index is 5.85. The number of aryl methyl sites for hydroxylation is 1. The van der Waals surface area contributed by atoms with Gasteiger partial charge in [-0.3, -0.25) is 4.98 Å². The van der Waals surface area contributed by atoms with Crippen LogP contribution in [0.2, 0.25) is 0 Å². The molecule has 0 aliphatic heterocycles. The number of rotatable bonds is 2. The van der Waals surface area contributed by atoms with E-state index in [9.17, 15) is 0 Å². The van der Waals surface area contributed by atoms with Crippen LogP contribution in [0.25, 0.3) is 0 Å². The van der Waals surface area contributed by atoms with Gasteiger partial charge in [-0.2, -0.15) is 0 Å². The van der Waals surface area contributed by atoms with E-state index in [4.69, 9.17) is 5.73 Å². The van der Waals surface area contributed by atoms with Crippen molar-refractivity contribution in [3.05, 3.63) is 59.4 Å². The fourth-order valence-electron chi connectivity index (χ4n) is 1.51. The third kappa shape index (κ3) is 2.34. The Labute approximate surface area is 89.8 Å². The van der Waals surface area contributed by atoms with Crippen LogP contribution >= 0.6 is 0 Å². The maximum Gasteiger partial charge on any atom is 0.0447 e. The Morgan fingerprint density at radius 2 is 2.07 bits per heavy atom. The highest BCUT2D eigenvalue weighted by Crippen LogP contribution is 2.15. The van der Waals surface area contributed by atoms with Crippen LogP contribution in [-0.2, 0) is 6.42 Å². The molecule has 1 aromatic carbocycles. The zero-order chi connectivity index (χ0) is 10.7. The van der Waals surface area contributed by atoms with Gasteiger partial charge in [0.1, 0.15) is 0 Å². The minimum atomic E-state index is 0.839. The molecule has 0 aliphatic rings. The van der Waals surface area contributed by atoms with Crippen LogP contribution in [0.1, 0.15) is 16.8 Å². The number of nitrogen functional groups attached to an aromatic ring is 1. The zero-order valence-electron chi connectivity index (χ0n) is 8.77. The lowest BCUT2D eigenvalue weighted by Gasteiger charge is -2.04. The van der Waals surface area contributed by atoms with Crippen LogP contribution in [0, 0.1) is 6.92 Å². The van der Waals surface area contributed by atoms with E-state index < -0.39 is 0 Å². The van der Waals surface area contributed by atoms with E-state index in [1.165, 1.54) is 5.56 Å². The molecule has 2 rings (SSSR count). The molecule has 15 heavy (non-hydrogen) atoms. The summed E-state index contributed by atoms with van der Waals surface area (Å²) < 4.78 is 0. The minimum absolute atomic E-state index is 0.839. The van der Waals surface area contributed by atoms with Crippen LogP contribution in [0.4, 0.5) is 5.69 Å². The van der Waals surface area contributed by atoms with E-state index in [0.717, 1.165) is 23.4 Å². The standard InChI is InChI=1S/C13H14N2/c1-10-5-6-11(9-13(10)14)8-12-4-2-3-7-15-12/h2-7,9H,8,14H2,1H3. The SMILES string of the molecule is Cc1ccc(Cc2ccccn2)cc1N. The molecule has 0 unspecified atom stereocenters. The minimum Gasteiger partial charge on any atom is -0.399 e. The van der Waals surface area contributed by atoms with Gasteiger partial charge in [-0.1, -0.05) is 18.2 Å². The smallest absolute Gasteiger partial charge is 0.0447 e. The van der Waals surface area contributed by atoms with Gasteiger partial charge in [-0.25, -0.2) is 0 Å². The molecule has 2 nitrogen and oxygen atoms in total. The first-order chi connectivity index (χ1) is 7.25. The summed E-state index contributed by atoms with van der Waals surface area (Å²) in [6.07, 6.45) is 2.65. The van der Waals surface area contributed by atoms with Crippen molar-refractivity contribution in [1.29, 1.82) is 0 Å². The van der Waals surface area contributed by atoms with Crippen LogP contribution < -0.4 is 5.73 Å². The van der Waals surface area contributed by atoms with Crippen LogP contribution in [0.3, 0.4) is 0 Å². The van der Waals surface area contributed by atoms with Crippen molar-refractivity contribution in [3.8, 4) is 0 Å². The summed E-state index contributed by atoms with van der Waals surface area (Å²) >= 11 is 0. The first kappa shape index (κ1) is 9.71. The third-order valence-corrected chi connectivity index (χ3v) is 2.46. The lowest BCUT2D eigenvalue weighted by molar-refractivity contribution is 1.07. The van der Waals surface area contributed by atoms with E-state index in [-0.39, 0.29) is 0 Å². The van der Waals surface area contributed by atoms with E-state index in [0.29, 0.717) is 0 Å². The Hall–Kier alpha value is -1.83.